The molecular formula is C16H21FN4O2Si. The molecule has 1 aliphatic heterocycles. The summed E-state index contributed by atoms with van der Waals surface area (Å²) in [5.41, 5.74) is 0.637. The summed E-state index contributed by atoms with van der Waals surface area (Å²) >= 11 is 0. The fourth-order valence-corrected chi connectivity index (χ4v) is 4.77. The van der Waals surface area contributed by atoms with Crippen molar-refractivity contribution in [3.8, 4) is 0 Å². The van der Waals surface area contributed by atoms with Gasteiger partial charge in [-0.15, -0.1) is 0 Å². The van der Waals surface area contributed by atoms with Crippen molar-refractivity contribution in [2.24, 2.45) is 0 Å². The first-order valence-corrected chi connectivity index (χ1v) is 9.65. The summed E-state index contributed by atoms with van der Waals surface area (Å²) in [6.07, 6.45) is 0.712. The van der Waals surface area contributed by atoms with Crippen molar-refractivity contribution in [1.82, 2.24) is 19.9 Å². The molecule has 1 aliphatic rings. The third-order valence-corrected chi connectivity index (χ3v) is 6.25. The van der Waals surface area contributed by atoms with Crippen LogP contribution in [0.15, 0.2) is 23.0 Å². The fraction of sp³-hybridized carbons (Fsp3) is 0.438. The van der Waals surface area contributed by atoms with Gasteiger partial charge in [0.15, 0.2) is 0 Å². The second-order valence-corrected chi connectivity index (χ2v) is 8.85. The lowest BCUT2D eigenvalue weighted by molar-refractivity contribution is -0.126. The number of carbonyl (C=O) groups excluding carboxylic acids is 1. The Bertz CT molecular complexity index is 810. The monoisotopic (exact) mass is 348 g/mol. The second-order valence-electron chi connectivity index (χ2n) is 6.32. The van der Waals surface area contributed by atoms with Crippen LogP contribution in [0.5, 0.6) is 0 Å². The lowest BCUT2D eigenvalue weighted by Gasteiger charge is -2.22. The number of nitrogens with one attached hydrogen (secondary N) is 2. The van der Waals surface area contributed by atoms with Gasteiger partial charge < -0.3 is 14.9 Å². The number of carbonyl (C=O) groups is 1. The maximum absolute atomic E-state index is 13.2. The Morgan fingerprint density at radius 3 is 3.17 bits per heavy atom. The van der Waals surface area contributed by atoms with Gasteiger partial charge in [-0.1, -0.05) is 6.92 Å². The van der Waals surface area contributed by atoms with Crippen LogP contribution in [0.3, 0.4) is 0 Å². The molecule has 1 saturated heterocycles. The van der Waals surface area contributed by atoms with Gasteiger partial charge in [-0.2, -0.15) is 0 Å². The molecule has 3 rings (SSSR count). The maximum Gasteiger partial charge on any atom is 0.258 e. The van der Waals surface area contributed by atoms with Gasteiger partial charge in [-0.25, -0.2) is 9.37 Å². The van der Waals surface area contributed by atoms with Crippen molar-refractivity contribution < 1.29 is 9.18 Å². The Labute approximate surface area is 141 Å². The normalized spacial score (nSPS) is 19.6. The van der Waals surface area contributed by atoms with Crippen LogP contribution in [-0.4, -0.2) is 49.8 Å². The Hall–Kier alpha value is -2.06. The van der Waals surface area contributed by atoms with Crippen LogP contribution in [0.2, 0.25) is 5.54 Å². The van der Waals surface area contributed by atoms with Gasteiger partial charge in [0.05, 0.1) is 10.9 Å². The molecule has 128 valence electrons. The Morgan fingerprint density at radius 2 is 2.33 bits per heavy atom. The molecule has 0 radical (unpaired) electrons. The maximum atomic E-state index is 13.2. The van der Waals surface area contributed by atoms with Gasteiger partial charge in [0.2, 0.25) is 5.91 Å². The van der Waals surface area contributed by atoms with E-state index in [1.165, 1.54) is 18.2 Å². The summed E-state index contributed by atoms with van der Waals surface area (Å²) < 4.78 is 15.2. The minimum atomic E-state index is -0.594. The smallest absolute Gasteiger partial charge is 0.258 e. The topological polar surface area (TPSA) is 78.1 Å². The molecule has 6 nitrogen and oxygen atoms in total. The third kappa shape index (κ3) is 3.88. The van der Waals surface area contributed by atoms with Crippen molar-refractivity contribution in [2.75, 3.05) is 19.6 Å². The molecule has 1 aromatic heterocycles. The molecule has 1 amide bonds. The first kappa shape index (κ1) is 16.8. The molecule has 24 heavy (non-hydrogen) atoms. The van der Waals surface area contributed by atoms with Crippen LogP contribution < -0.4 is 10.9 Å². The van der Waals surface area contributed by atoms with Gasteiger partial charge in [0, 0.05) is 25.9 Å². The average Bonchev–Trinajstić information content (AvgIpc) is 2.78. The molecule has 1 atom stereocenters. The lowest BCUT2D eigenvalue weighted by atomic mass is 10.2. The molecule has 2 heterocycles. The van der Waals surface area contributed by atoms with E-state index < -0.39 is 15.5 Å². The minimum Gasteiger partial charge on any atom is -0.374 e. The van der Waals surface area contributed by atoms with Crippen molar-refractivity contribution in [2.45, 2.75) is 25.3 Å². The summed E-state index contributed by atoms with van der Waals surface area (Å²) in [6, 6.07) is 3.94. The summed E-state index contributed by atoms with van der Waals surface area (Å²) in [5.74, 6) is 0.126. The number of H-pyrrole nitrogens is 1. The molecule has 0 unspecified atom stereocenters. The number of amides is 1. The van der Waals surface area contributed by atoms with Crippen LogP contribution in [-0.2, 0) is 11.2 Å². The second kappa shape index (κ2) is 7.23. The zero-order valence-corrected chi connectivity index (χ0v) is 15.1. The van der Waals surface area contributed by atoms with Gasteiger partial charge in [0.1, 0.15) is 21.3 Å². The molecule has 2 N–H and O–H groups in total. The van der Waals surface area contributed by atoms with Gasteiger partial charge >= 0.3 is 0 Å². The zero-order valence-electron chi connectivity index (χ0n) is 13.6. The number of halogens is 1. The van der Waals surface area contributed by atoms with E-state index in [-0.39, 0.29) is 16.9 Å². The summed E-state index contributed by atoms with van der Waals surface area (Å²) in [5, 5.41) is 3.56. The predicted molar refractivity (Wildman–Crippen MR) is 93.2 cm³/mol. The lowest BCUT2D eigenvalue weighted by Crippen LogP contribution is -2.37. The number of benzene rings is 1. The largest absolute Gasteiger partial charge is 0.374 e. The fourth-order valence-electron chi connectivity index (χ4n) is 2.98. The van der Waals surface area contributed by atoms with E-state index in [4.69, 9.17) is 0 Å². The van der Waals surface area contributed by atoms with Crippen molar-refractivity contribution >= 4 is 26.5 Å². The molecule has 2 aromatic rings. The Morgan fingerprint density at radius 1 is 1.50 bits per heavy atom. The van der Waals surface area contributed by atoms with E-state index in [0.717, 1.165) is 19.6 Å². The van der Waals surface area contributed by atoms with Crippen LogP contribution in [0.1, 0.15) is 19.2 Å². The van der Waals surface area contributed by atoms with Crippen molar-refractivity contribution in [3.63, 3.8) is 0 Å². The van der Waals surface area contributed by atoms with Gasteiger partial charge in [-0.05, 0) is 30.3 Å². The summed E-state index contributed by atoms with van der Waals surface area (Å²) in [6.45, 7) is 4.74. The van der Waals surface area contributed by atoms with Gasteiger partial charge in [0.25, 0.3) is 5.56 Å². The first-order chi connectivity index (χ1) is 11.5. The number of nitrogens with zero attached hydrogens (tertiary/aromatic N) is 2. The third-order valence-electron chi connectivity index (χ3n) is 4.23. The van der Waals surface area contributed by atoms with Crippen molar-refractivity contribution in [3.05, 3.63) is 40.2 Å². The van der Waals surface area contributed by atoms with E-state index in [1.807, 2.05) is 4.57 Å². The van der Waals surface area contributed by atoms with Crippen LogP contribution >= 0.6 is 0 Å². The molecule has 1 fully saturated rings. The molecular weight excluding hydrogens is 327 g/mol. The van der Waals surface area contributed by atoms with Crippen LogP contribution in [0, 0.1) is 5.82 Å². The highest BCUT2D eigenvalue weighted by Gasteiger charge is 2.19. The Balaban J connectivity index is 1.70. The number of hydrogen-bond donors (Lipinski definition) is 2. The zero-order chi connectivity index (χ0) is 17.1. The molecule has 1 aromatic carbocycles. The number of aromatic amines is 1. The highest BCUT2D eigenvalue weighted by atomic mass is 28.2. The summed E-state index contributed by atoms with van der Waals surface area (Å²) in [4.78, 5) is 31.4. The van der Waals surface area contributed by atoms with Crippen molar-refractivity contribution in [1.29, 1.82) is 0 Å². The van der Waals surface area contributed by atoms with Gasteiger partial charge in [-0.3, -0.25) is 9.59 Å². The standard InChI is InChI=1S/C16H21FN4O2Si/c1-10-9-18-6-7-21(24-10)15(22)5-4-14-19-13-3-2-11(17)8-12(13)16(23)20-14/h2-3,8,10,18H,4-7,9,24H2,1H3,(H,19,20,23)/t10-/m0/s1. The molecule has 0 saturated carbocycles. The average molecular weight is 348 g/mol. The molecule has 0 bridgehead atoms. The number of fused-ring (bicyclic) bond motifs is 1. The number of aromatic nitrogens is 2. The quantitative estimate of drug-likeness (QED) is 0.783. The highest BCUT2D eigenvalue weighted by Crippen LogP contribution is 2.11. The van der Waals surface area contributed by atoms with E-state index in [1.54, 1.807) is 0 Å². The minimum absolute atomic E-state index is 0.124. The number of hydrogen-bond acceptors (Lipinski definition) is 4. The van der Waals surface area contributed by atoms with Crippen LogP contribution in [0.25, 0.3) is 10.9 Å². The molecule has 0 spiro atoms. The van der Waals surface area contributed by atoms with E-state index >= 15 is 0 Å². The first-order valence-electron chi connectivity index (χ1n) is 8.20. The van der Waals surface area contributed by atoms with E-state index in [0.29, 0.717) is 29.7 Å². The number of aryl methyl sites for hydroxylation is 1. The van der Waals surface area contributed by atoms with E-state index in [2.05, 4.69) is 22.2 Å². The van der Waals surface area contributed by atoms with Crippen LogP contribution in [0.4, 0.5) is 4.39 Å². The Kier molecular flexibility index (Phi) is 5.05. The SMILES string of the molecule is C[C@H]1CNCCN(C(=O)CCc2nc3ccc(F)cc3c(=O)[nH]2)[SiH2]1. The highest BCUT2D eigenvalue weighted by molar-refractivity contribution is 6.38. The molecule has 0 aliphatic carbocycles. The van der Waals surface area contributed by atoms with E-state index in [9.17, 15) is 14.0 Å². The number of rotatable bonds is 3. The molecule has 8 heteroatoms. The summed E-state index contributed by atoms with van der Waals surface area (Å²) in [7, 11) is -0.594. The predicted octanol–water partition coefficient (Wildman–Crippen LogP) is 0.319.